The van der Waals surface area contributed by atoms with E-state index in [2.05, 4.69) is 6.92 Å². The minimum atomic E-state index is -3.47. The molecule has 1 saturated carbocycles. The summed E-state index contributed by atoms with van der Waals surface area (Å²) in [6.45, 7) is 2.05. The number of hydrogen-bond acceptors (Lipinski definition) is 1. The van der Waals surface area contributed by atoms with E-state index in [1.165, 1.54) is 0 Å². The average Bonchev–Trinajstić information content (AvgIpc) is 2.15. The van der Waals surface area contributed by atoms with Crippen molar-refractivity contribution in [3.63, 3.8) is 0 Å². The molecule has 1 aliphatic rings. The molecule has 0 aromatic rings. The van der Waals surface area contributed by atoms with Gasteiger partial charge in [0.15, 0.2) is 0 Å². The third kappa shape index (κ3) is 3.06. The molecule has 1 aliphatic carbocycles. The second-order valence-corrected chi connectivity index (χ2v) is 4.69. The zero-order valence-corrected chi connectivity index (χ0v) is 9.10. The zero-order valence-electron chi connectivity index (χ0n) is 8.35. The van der Waals surface area contributed by atoms with E-state index >= 15 is 0 Å². The van der Waals surface area contributed by atoms with Crippen LogP contribution in [0.25, 0.3) is 0 Å². The van der Waals surface area contributed by atoms with Gasteiger partial charge in [-0.2, -0.15) is 8.78 Å². The quantitative estimate of drug-likeness (QED) is 0.732. The first-order valence-corrected chi connectivity index (χ1v) is 5.57. The number of halogens is 3. The first kappa shape index (κ1) is 12.2. The minimum absolute atomic E-state index is 0.332. The van der Waals surface area contributed by atoms with E-state index in [-0.39, 0.29) is 5.92 Å². The molecule has 3 unspecified atom stereocenters. The number of aliphatic hydroxyl groups excluding tert-OH is 1. The van der Waals surface area contributed by atoms with Crippen molar-refractivity contribution < 1.29 is 13.9 Å². The second-order valence-electron chi connectivity index (χ2n) is 4.19. The number of aliphatic hydroxyl groups is 1. The van der Waals surface area contributed by atoms with E-state index in [1.807, 2.05) is 0 Å². The van der Waals surface area contributed by atoms with Crippen molar-refractivity contribution in [3.8, 4) is 0 Å². The molecule has 0 aromatic heterocycles. The first-order chi connectivity index (χ1) is 6.45. The minimum Gasteiger partial charge on any atom is -0.385 e. The highest BCUT2D eigenvalue weighted by Crippen LogP contribution is 2.38. The fourth-order valence-corrected chi connectivity index (χ4v) is 2.44. The average molecular weight is 227 g/mol. The summed E-state index contributed by atoms with van der Waals surface area (Å²) < 4.78 is 25.3. The Morgan fingerprint density at radius 1 is 1.50 bits per heavy atom. The molecule has 1 rings (SSSR count). The van der Waals surface area contributed by atoms with Crippen LogP contribution in [0.2, 0.25) is 0 Å². The highest BCUT2D eigenvalue weighted by Gasteiger charge is 2.42. The Bertz CT molecular complexity index is 181. The van der Waals surface area contributed by atoms with Crippen molar-refractivity contribution >= 4 is 11.6 Å². The van der Waals surface area contributed by atoms with Gasteiger partial charge in [0.2, 0.25) is 0 Å². The van der Waals surface area contributed by atoms with Crippen molar-refractivity contribution in [2.75, 3.05) is 0 Å². The van der Waals surface area contributed by atoms with Crippen molar-refractivity contribution in [3.05, 3.63) is 0 Å². The van der Waals surface area contributed by atoms with Crippen LogP contribution in [0.3, 0.4) is 0 Å². The van der Waals surface area contributed by atoms with Gasteiger partial charge in [-0.1, -0.05) is 26.2 Å². The lowest BCUT2D eigenvalue weighted by Gasteiger charge is -2.33. The molecule has 84 valence electrons. The lowest BCUT2D eigenvalue weighted by atomic mass is 9.78. The summed E-state index contributed by atoms with van der Waals surface area (Å²) in [5.41, 5.74) is 0. The molecular formula is C10H17ClF2O. The Morgan fingerprint density at radius 2 is 2.14 bits per heavy atom. The van der Waals surface area contributed by atoms with Crippen molar-refractivity contribution in [1.29, 1.82) is 0 Å². The molecule has 1 N–H and O–H groups in total. The Morgan fingerprint density at radius 3 is 2.64 bits per heavy atom. The predicted molar refractivity (Wildman–Crippen MR) is 52.5 cm³/mol. The van der Waals surface area contributed by atoms with Crippen LogP contribution >= 0.6 is 11.6 Å². The van der Waals surface area contributed by atoms with Crippen LogP contribution in [-0.4, -0.2) is 16.6 Å². The van der Waals surface area contributed by atoms with Gasteiger partial charge in [-0.15, -0.1) is 0 Å². The van der Waals surface area contributed by atoms with E-state index in [4.69, 9.17) is 11.6 Å². The molecular weight excluding hydrogens is 210 g/mol. The summed E-state index contributed by atoms with van der Waals surface area (Å²) in [6, 6.07) is 0. The highest BCUT2D eigenvalue weighted by molar-refractivity contribution is 6.22. The van der Waals surface area contributed by atoms with Gasteiger partial charge < -0.3 is 5.11 Å². The normalized spacial score (nSPS) is 31.5. The topological polar surface area (TPSA) is 20.2 Å². The van der Waals surface area contributed by atoms with Gasteiger partial charge in [0.25, 0.3) is 0 Å². The SMILES string of the molecule is CCC1CCCC(C(O)C(F)(F)Cl)C1. The van der Waals surface area contributed by atoms with Crippen LogP contribution in [0.4, 0.5) is 8.78 Å². The third-order valence-electron chi connectivity index (χ3n) is 3.18. The van der Waals surface area contributed by atoms with Crippen LogP contribution in [-0.2, 0) is 0 Å². The molecule has 0 amide bonds. The van der Waals surface area contributed by atoms with Crippen molar-refractivity contribution in [1.82, 2.24) is 0 Å². The monoisotopic (exact) mass is 226 g/mol. The van der Waals surface area contributed by atoms with E-state index in [0.717, 1.165) is 19.3 Å². The van der Waals surface area contributed by atoms with Crippen LogP contribution in [0.15, 0.2) is 0 Å². The maximum absolute atomic E-state index is 12.6. The van der Waals surface area contributed by atoms with Crippen LogP contribution in [0.1, 0.15) is 39.0 Å². The highest BCUT2D eigenvalue weighted by atomic mass is 35.5. The Kier molecular flexibility index (Phi) is 4.14. The number of alkyl halides is 3. The lowest BCUT2D eigenvalue weighted by Crippen LogP contribution is -2.37. The smallest absolute Gasteiger partial charge is 0.347 e. The lowest BCUT2D eigenvalue weighted by molar-refractivity contribution is -0.0821. The Labute approximate surface area is 88.4 Å². The molecule has 1 fully saturated rings. The summed E-state index contributed by atoms with van der Waals surface area (Å²) in [4.78, 5) is 0. The number of hydrogen-bond donors (Lipinski definition) is 1. The van der Waals surface area contributed by atoms with E-state index in [0.29, 0.717) is 18.8 Å². The fourth-order valence-electron chi connectivity index (χ4n) is 2.26. The summed E-state index contributed by atoms with van der Waals surface area (Å²) in [5, 5.41) is 5.87. The van der Waals surface area contributed by atoms with Crippen molar-refractivity contribution in [2.24, 2.45) is 11.8 Å². The molecule has 14 heavy (non-hydrogen) atoms. The maximum Gasteiger partial charge on any atom is 0.347 e. The summed E-state index contributed by atoms with van der Waals surface area (Å²) in [6.07, 6.45) is 2.68. The molecule has 0 heterocycles. The van der Waals surface area contributed by atoms with Crippen molar-refractivity contribution in [2.45, 2.75) is 50.5 Å². The van der Waals surface area contributed by atoms with Gasteiger partial charge in [-0.05, 0) is 36.3 Å². The van der Waals surface area contributed by atoms with E-state index in [9.17, 15) is 13.9 Å². The van der Waals surface area contributed by atoms with Gasteiger partial charge in [0.05, 0.1) is 0 Å². The summed E-state index contributed by atoms with van der Waals surface area (Å²) in [5.74, 6) is 0.142. The van der Waals surface area contributed by atoms with Crippen LogP contribution < -0.4 is 0 Å². The molecule has 0 bridgehead atoms. The summed E-state index contributed by atoms with van der Waals surface area (Å²) >= 11 is 4.82. The zero-order chi connectivity index (χ0) is 10.8. The van der Waals surface area contributed by atoms with Crippen LogP contribution in [0, 0.1) is 11.8 Å². The largest absolute Gasteiger partial charge is 0.385 e. The molecule has 1 nitrogen and oxygen atoms in total. The molecule has 0 aliphatic heterocycles. The van der Waals surface area contributed by atoms with Gasteiger partial charge in [0, 0.05) is 0 Å². The second kappa shape index (κ2) is 4.75. The molecule has 0 spiro atoms. The van der Waals surface area contributed by atoms with Gasteiger partial charge in [0.1, 0.15) is 6.10 Å². The number of rotatable bonds is 3. The fraction of sp³-hybridized carbons (Fsp3) is 1.00. The van der Waals surface area contributed by atoms with Gasteiger partial charge >= 0.3 is 5.38 Å². The predicted octanol–water partition coefficient (Wildman–Crippen LogP) is 3.40. The van der Waals surface area contributed by atoms with Crippen LogP contribution in [0.5, 0.6) is 0 Å². The van der Waals surface area contributed by atoms with E-state index < -0.39 is 11.5 Å². The Balaban J connectivity index is 2.51. The maximum atomic E-state index is 12.6. The van der Waals surface area contributed by atoms with E-state index in [1.54, 1.807) is 0 Å². The first-order valence-electron chi connectivity index (χ1n) is 5.20. The molecule has 0 saturated heterocycles. The van der Waals surface area contributed by atoms with Gasteiger partial charge in [-0.25, -0.2) is 0 Å². The molecule has 4 heteroatoms. The van der Waals surface area contributed by atoms with Gasteiger partial charge in [-0.3, -0.25) is 0 Å². The molecule has 3 atom stereocenters. The third-order valence-corrected chi connectivity index (χ3v) is 3.41. The standard InChI is InChI=1S/C10H17ClF2O/c1-2-7-4-3-5-8(6-7)9(14)10(11,12)13/h7-9,14H,2-6H2,1H3. The summed E-state index contributed by atoms with van der Waals surface area (Å²) in [7, 11) is 0. The molecule has 0 radical (unpaired) electrons. The molecule has 0 aromatic carbocycles. The Hall–Kier alpha value is 0.110.